The Bertz CT molecular complexity index is 502. The van der Waals surface area contributed by atoms with Crippen LogP contribution < -0.4 is 15.4 Å². The van der Waals surface area contributed by atoms with Gasteiger partial charge in [0.15, 0.2) is 0 Å². The van der Waals surface area contributed by atoms with E-state index in [-0.39, 0.29) is 5.91 Å². The van der Waals surface area contributed by atoms with Crippen molar-refractivity contribution >= 4 is 11.6 Å². The van der Waals surface area contributed by atoms with Crippen LogP contribution in [0.5, 0.6) is 5.75 Å². The number of anilines is 1. The van der Waals surface area contributed by atoms with Crippen molar-refractivity contribution in [1.29, 1.82) is 0 Å². The van der Waals surface area contributed by atoms with Crippen LogP contribution in [0.15, 0.2) is 24.3 Å². The van der Waals surface area contributed by atoms with Gasteiger partial charge in [-0.25, -0.2) is 0 Å². The standard InChI is InChI=1S/C25H44N2O2/c1-3-4-5-6-7-8-9-10-11-12-13-14-15-16-21-26-22-25(28)27-23-17-19-24(29-2)20-18-23/h17-20,26H,3-16,21-22H2,1-2H3,(H,27,28). The SMILES string of the molecule is CCCCCCCCCCCCCCCCNCC(=O)Nc1ccc(OC)cc1. The number of carbonyl (C=O) groups excluding carboxylic acids is 1. The third-order valence-corrected chi connectivity index (χ3v) is 5.37. The van der Waals surface area contributed by atoms with E-state index in [1.54, 1.807) is 7.11 Å². The maximum atomic E-state index is 11.9. The van der Waals surface area contributed by atoms with Gasteiger partial charge in [0, 0.05) is 5.69 Å². The Morgan fingerprint density at radius 2 is 1.24 bits per heavy atom. The Morgan fingerprint density at radius 1 is 0.759 bits per heavy atom. The number of rotatable bonds is 19. The largest absolute Gasteiger partial charge is 0.497 e. The smallest absolute Gasteiger partial charge is 0.238 e. The molecule has 0 aliphatic heterocycles. The molecule has 4 heteroatoms. The van der Waals surface area contributed by atoms with Crippen LogP contribution in [0.4, 0.5) is 5.69 Å². The van der Waals surface area contributed by atoms with Gasteiger partial charge >= 0.3 is 0 Å². The molecular formula is C25H44N2O2. The molecule has 0 radical (unpaired) electrons. The molecule has 0 atom stereocenters. The van der Waals surface area contributed by atoms with Crippen LogP contribution >= 0.6 is 0 Å². The molecule has 0 heterocycles. The highest BCUT2D eigenvalue weighted by atomic mass is 16.5. The van der Waals surface area contributed by atoms with Gasteiger partial charge in [0.25, 0.3) is 0 Å². The van der Waals surface area contributed by atoms with Gasteiger partial charge in [-0.3, -0.25) is 4.79 Å². The number of benzene rings is 1. The van der Waals surface area contributed by atoms with Crippen LogP contribution in [0.3, 0.4) is 0 Å². The summed E-state index contributed by atoms with van der Waals surface area (Å²) >= 11 is 0. The molecule has 0 spiro atoms. The van der Waals surface area contributed by atoms with Crippen molar-refractivity contribution < 1.29 is 9.53 Å². The zero-order valence-electron chi connectivity index (χ0n) is 18.9. The number of unbranched alkanes of at least 4 members (excludes halogenated alkanes) is 13. The molecule has 0 aliphatic carbocycles. The summed E-state index contributed by atoms with van der Waals surface area (Å²) in [5.41, 5.74) is 0.800. The van der Waals surface area contributed by atoms with Crippen molar-refractivity contribution in [1.82, 2.24) is 5.32 Å². The van der Waals surface area contributed by atoms with E-state index < -0.39 is 0 Å². The Morgan fingerprint density at radius 3 is 1.72 bits per heavy atom. The van der Waals surface area contributed by atoms with E-state index in [0.29, 0.717) is 6.54 Å². The number of amides is 1. The first kappa shape index (κ1) is 25.5. The lowest BCUT2D eigenvalue weighted by molar-refractivity contribution is -0.115. The van der Waals surface area contributed by atoms with Crippen LogP contribution in [0.2, 0.25) is 0 Å². The van der Waals surface area contributed by atoms with Gasteiger partial charge in [-0.05, 0) is 37.2 Å². The van der Waals surface area contributed by atoms with Crippen molar-refractivity contribution in [3.05, 3.63) is 24.3 Å². The minimum atomic E-state index is 0.000491. The van der Waals surface area contributed by atoms with E-state index in [2.05, 4.69) is 17.6 Å². The fourth-order valence-corrected chi connectivity index (χ4v) is 3.53. The molecular weight excluding hydrogens is 360 g/mol. The molecule has 1 amide bonds. The minimum Gasteiger partial charge on any atom is -0.497 e. The lowest BCUT2D eigenvalue weighted by atomic mass is 10.0. The third-order valence-electron chi connectivity index (χ3n) is 5.37. The first-order valence-corrected chi connectivity index (χ1v) is 11.9. The molecule has 0 saturated carbocycles. The van der Waals surface area contributed by atoms with Gasteiger partial charge in [-0.1, -0.05) is 90.4 Å². The summed E-state index contributed by atoms with van der Waals surface area (Å²) in [7, 11) is 1.63. The maximum absolute atomic E-state index is 11.9. The second-order valence-electron chi connectivity index (χ2n) is 8.05. The average Bonchev–Trinajstić information content (AvgIpc) is 2.74. The monoisotopic (exact) mass is 404 g/mol. The summed E-state index contributed by atoms with van der Waals surface area (Å²) in [6.45, 7) is 3.55. The highest BCUT2D eigenvalue weighted by Gasteiger charge is 2.02. The fourth-order valence-electron chi connectivity index (χ4n) is 3.53. The van der Waals surface area contributed by atoms with E-state index in [1.165, 1.54) is 83.5 Å². The van der Waals surface area contributed by atoms with Gasteiger partial charge in [0.1, 0.15) is 5.75 Å². The molecule has 0 aromatic heterocycles. The number of ether oxygens (including phenoxy) is 1. The molecule has 1 rings (SSSR count). The second-order valence-corrected chi connectivity index (χ2v) is 8.05. The second kappa shape index (κ2) is 18.5. The summed E-state index contributed by atoms with van der Waals surface area (Å²) in [5.74, 6) is 0.791. The molecule has 0 saturated heterocycles. The average molecular weight is 405 g/mol. The molecule has 2 N–H and O–H groups in total. The maximum Gasteiger partial charge on any atom is 0.238 e. The summed E-state index contributed by atoms with van der Waals surface area (Å²) in [6, 6.07) is 7.39. The predicted octanol–water partition coefficient (Wildman–Crippen LogP) is 6.70. The summed E-state index contributed by atoms with van der Waals surface area (Å²) in [6.07, 6.45) is 19.2. The van der Waals surface area contributed by atoms with E-state index in [1.807, 2.05) is 24.3 Å². The molecule has 29 heavy (non-hydrogen) atoms. The van der Waals surface area contributed by atoms with Crippen LogP contribution in [-0.4, -0.2) is 26.1 Å². The van der Waals surface area contributed by atoms with E-state index in [0.717, 1.165) is 24.4 Å². The predicted molar refractivity (Wildman–Crippen MR) is 125 cm³/mol. The molecule has 4 nitrogen and oxygen atoms in total. The highest BCUT2D eigenvalue weighted by molar-refractivity contribution is 5.92. The first-order valence-electron chi connectivity index (χ1n) is 11.9. The molecule has 0 bridgehead atoms. The zero-order chi connectivity index (χ0) is 21.0. The van der Waals surface area contributed by atoms with Gasteiger partial charge < -0.3 is 15.4 Å². The summed E-state index contributed by atoms with van der Waals surface area (Å²) < 4.78 is 5.11. The van der Waals surface area contributed by atoms with Gasteiger partial charge in [0.2, 0.25) is 5.91 Å². The van der Waals surface area contributed by atoms with E-state index in [4.69, 9.17) is 4.74 Å². The number of hydrogen-bond acceptors (Lipinski definition) is 3. The number of carbonyl (C=O) groups is 1. The zero-order valence-corrected chi connectivity index (χ0v) is 18.9. The van der Waals surface area contributed by atoms with Crippen LogP contribution in [0.25, 0.3) is 0 Å². The Kier molecular flexibility index (Phi) is 16.2. The lowest BCUT2D eigenvalue weighted by Crippen LogP contribution is -2.28. The van der Waals surface area contributed by atoms with Gasteiger partial charge in [0.05, 0.1) is 13.7 Å². The van der Waals surface area contributed by atoms with Crippen LogP contribution in [0, 0.1) is 0 Å². The molecule has 0 fully saturated rings. The van der Waals surface area contributed by atoms with Crippen molar-refractivity contribution in [3.8, 4) is 5.75 Å². The number of hydrogen-bond donors (Lipinski definition) is 2. The number of methoxy groups -OCH3 is 1. The molecule has 1 aromatic carbocycles. The van der Waals surface area contributed by atoms with Gasteiger partial charge in [-0.2, -0.15) is 0 Å². The summed E-state index contributed by atoms with van der Waals surface area (Å²) in [4.78, 5) is 11.9. The Balaban J connectivity index is 1.82. The minimum absolute atomic E-state index is 0.000491. The first-order chi connectivity index (χ1) is 14.3. The molecule has 0 aliphatic rings. The topological polar surface area (TPSA) is 50.4 Å². The lowest BCUT2D eigenvalue weighted by Gasteiger charge is -2.07. The normalized spacial score (nSPS) is 10.8. The Labute approximate surface area is 179 Å². The fraction of sp³-hybridized carbons (Fsp3) is 0.720. The molecule has 1 aromatic rings. The summed E-state index contributed by atoms with van der Waals surface area (Å²) in [5, 5.41) is 6.12. The van der Waals surface area contributed by atoms with Crippen molar-refractivity contribution in [2.24, 2.45) is 0 Å². The molecule has 0 unspecified atom stereocenters. The van der Waals surface area contributed by atoms with E-state index in [9.17, 15) is 4.79 Å². The Hall–Kier alpha value is -1.55. The van der Waals surface area contributed by atoms with Crippen molar-refractivity contribution in [2.45, 2.75) is 96.8 Å². The van der Waals surface area contributed by atoms with Crippen LogP contribution in [0.1, 0.15) is 96.8 Å². The van der Waals surface area contributed by atoms with Crippen molar-refractivity contribution in [2.75, 3.05) is 25.5 Å². The van der Waals surface area contributed by atoms with E-state index >= 15 is 0 Å². The van der Waals surface area contributed by atoms with Crippen molar-refractivity contribution in [3.63, 3.8) is 0 Å². The quantitative estimate of drug-likeness (QED) is 0.252. The van der Waals surface area contributed by atoms with Crippen LogP contribution in [-0.2, 0) is 4.79 Å². The van der Waals surface area contributed by atoms with Gasteiger partial charge in [-0.15, -0.1) is 0 Å². The highest BCUT2D eigenvalue weighted by Crippen LogP contribution is 2.15. The number of nitrogens with one attached hydrogen (secondary N) is 2. The molecule has 166 valence electrons. The third kappa shape index (κ3) is 15.0.